The van der Waals surface area contributed by atoms with Gasteiger partial charge >= 0.3 is 0 Å². The summed E-state index contributed by atoms with van der Waals surface area (Å²) in [5.74, 6) is 0.228. The Morgan fingerprint density at radius 2 is 1.42 bits per heavy atom. The standard InChI is InChI=1S/C21H24Cl2N2O/c1-3-4-18-20(25-26)13(2)19(14-5-9-16(22)10-6-14)24-21(18)15-7-11-17(23)12-8-15/h5-13,18-19,21,24,26H,3-4H2,1-2H3/b25-20-. The Morgan fingerprint density at radius 3 is 1.88 bits per heavy atom. The van der Waals surface area contributed by atoms with E-state index < -0.39 is 0 Å². The molecule has 0 saturated carbocycles. The minimum absolute atomic E-state index is 0.0481. The van der Waals surface area contributed by atoms with Gasteiger partial charge in [-0.15, -0.1) is 0 Å². The first kappa shape index (κ1) is 19.2. The van der Waals surface area contributed by atoms with Crippen molar-refractivity contribution in [2.75, 3.05) is 0 Å². The van der Waals surface area contributed by atoms with Crippen molar-refractivity contribution in [3.8, 4) is 0 Å². The van der Waals surface area contributed by atoms with Crippen molar-refractivity contribution in [2.24, 2.45) is 17.0 Å². The summed E-state index contributed by atoms with van der Waals surface area (Å²) < 4.78 is 0. The van der Waals surface area contributed by atoms with E-state index in [9.17, 15) is 5.21 Å². The Morgan fingerprint density at radius 1 is 0.923 bits per heavy atom. The minimum atomic E-state index is 0.0481. The highest BCUT2D eigenvalue weighted by molar-refractivity contribution is 6.30. The molecule has 3 rings (SSSR count). The largest absolute Gasteiger partial charge is 0.411 e. The van der Waals surface area contributed by atoms with Crippen LogP contribution in [0.5, 0.6) is 0 Å². The van der Waals surface area contributed by atoms with Crippen molar-refractivity contribution < 1.29 is 5.21 Å². The van der Waals surface area contributed by atoms with E-state index in [1.54, 1.807) is 0 Å². The molecule has 0 spiro atoms. The molecule has 0 amide bonds. The maximum Gasteiger partial charge on any atom is 0.0667 e. The fourth-order valence-corrected chi connectivity index (χ4v) is 4.23. The lowest BCUT2D eigenvalue weighted by Crippen LogP contribution is -2.47. The summed E-state index contributed by atoms with van der Waals surface area (Å²) in [6, 6.07) is 15.9. The maximum atomic E-state index is 9.79. The molecule has 1 aliphatic rings. The molecule has 1 heterocycles. The first-order valence-corrected chi connectivity index (χ1v) is 9.79. The minimum Gasteiger partial charge on any atom is -0.411 e. The molecule has 1 fully saturated rings. The van der Waals surface area contributed by atoms with Crippen LogP contribution in [-0.4, -0.2) is 10.9 Å². The van der Waals surface area contributed by atoms with E-state index in [4.69, 9.17) is 23.2 Å². The van der Waals surface area contributed by atoms with E-state index >= 15 is 0 Å². The van der Waals surface area contributed by atoms with E-state index in [0.717, 1.165) is 34.7 Å². The van der Waals surface area contributed by atoms with Gasteiger partial charge in [0.05, 0.1) is 5.71 Å². The summed E-state index contributed by atoms with van der Waals surface area (Å²) in [7, 11) is 0. The van der Waals surface area contributed by atoms with Crippen LogP contribution in [0.2, 0.25) is 10.0 Å². The molecule has 2 N–H and O–H groups in total. The van der Waals surface area contributed by atoms with Gasteiger partial charge in [0.25, 0.3) is 0 Å². The molecular formula is C21H24Cl2N2O. The van der Waals surface area contributed by atoms with Gasteiger partial charge < -0.3 is 10.5 Å². The SMILES string of the molecule is CCCC1/C(=N\O)C(C)C(c2ccc(Cl)cc2)NC1c1ccc(Cl)cc1. The van der Waals surface area contributed by atoms with Crippen LogP contribution in [0.1, 0.15) is 49.9 Å². The number of hydrogen-bond donors (Lipinski definition) is 2. The first-order valence-electron chi connectivity index (χ1n) is 9.04. The predicted molar refractivity (Wildman–Crippen MR) is 108 cm³/mol. The molecule has 138 valence electrons. The molecule has 2 aromatic rings. The number of piperidine rings is 1. The zero-order valence-corrected chi connectivity index (χ0v) is 16.5. The van der Waals surface area contributed by atoms with E-state index in [0.29, 0.717) is 5.02 Å². The molecule has 1 saturated heterocycles. The van der Waals surface area contributed by atoms with Crippen LogP contribution in [0, 0.1) is 11.8 Å². The summed E-state index contributed by atoms with van der Waals surface area (Å²) in [6.45, 7) is 4.27. The highest BCUT2D eigenvalue weighted by Gasteiger charge is 2.40. The van der Waals surface area contributed by atoms with Crippen LogP contribution in [0.15, 0.2) is 53.7 Å². The highest BCUT2D eigenvalue weighted by atomic mass is 35.5. The lowest BCUT2D eigenvalue weighted by Gasteiger charge is -2.42. The molecule has 1 aliphatic heterocycles. The number of oxime groups is 1. The van der Waals surface area contributed by atoms with E-state index in [-0.39, 0.29) is 23.9 Å². The van der Waals surface area contributed by atoms with Crippen molar-refractivity contribution in [3.05, 3.63) is 69.7 Å². The zero-order valence-electron chi connectivity index (χ0n) is 15.0. The van der Waals surface area contributed by atoms with Gasteiger partial charge in [0, 0.05) is 34.0 Å². The molecule has 4 unspecified atom stereocenters. The fraction of sp³-hybridized carbons (Fsp3) is 0.381. The van der Waals surface area contributed by atoms with E-state index in [1.165, 1.54) is 0 Å². The third kappa shape index (κ3) is 3.90. The van der Waals surface area contributed by atoms with Gasteiger partial charge in [-0.3, -0.25) is 0 Å². The van der Waals surface area contributed by atoms with Crippen LogP contribution in [0.3, 0.4) is 0 Å². The van der Waals surface area contributed by atoms with Gasteiger partial charge in [-0.2, -0.15) is 0 Å². The predicted octanol–water partition coefficient (Wildman–Crippen LogP) is 6.26. The van der Waals surface area contributed by atoms with Crippen molar-refractivity contribution in [1.29, 1.82) is 0 Å². The molecule has 0 radical (unpaired) electrons. The van der Waals surface area contributed by atoms with Crippen molar-refractivity contribution in [2.45, 2.75) is 38.8 Å². The molecule has 26 heavy (non-hydrogen) atoms. The van der Waals surface area contributed by atoms with Crippen molar-refractivity contribution in [1.82, 2.24) is 5.32 Å². The molecule has 2 aromatic carbocycles. The number of hydrogen-bond acceptors (Lipinski definition) is 3. The Balaban J connectivity index is 2.01. The quantitative estimate of drug-likeness (QED) is 0.477. The number of nitrogens with zero attached hydrogens (tertiary/aromatic N) is 1. The molecule has 0 aromatic heterocycles. The summed E-state index contributed by atoms with van der Waals surface area (Å²) in [5, 5.41) is 18.8. The fourth-order valence-electron chi connectivity index (χ4n) is 3.98. The van der Waals surface area contributed by atoms with Crippen molar-refractivity contribution in [3.63, 3.8) is 0 Å². The average molecular weight is 391 g/mol. The molecule has 5 heteroatoms. The third-order valence-corrected chi connectivity index (χ3v) is 5.79. The number of rotatable bonds is 4. The maximum absolute atomic E-state index is 9.79. The number of nitrogens with one attached hydrogen (secondary N) is 1. The topological polar surface area (TPSA) is 44.6 Å². The van der Waals surface area contributed by atoms with Crippen LogP contribution in [0.25, 0.3) is 0 Å². The van der Waals surface area contributed by atoms with E-state index in [2.05, 4.69) is 24.3 Å². The third-order valence-electron chi connectivity index (χ3n) is 5.28. The lowest BCUT2D eigenvalue weighted by atomic mass is 9.73. The summed E-state index contributed by atoms with van der Waals surface area (Å²) in [5.41, 5.74) is 3.14. The van der Waals surface area contributed by atoms with Gasteiger partial charge in [0.15, 0.2) is 0 Å². The Hall–Kier alpha value is -1.55. The van der Waals surface area contributed by atoms with Gasteiger partial charge in [0.2, 0.25) is 0 Å². The van der Waals surface area contributed by atoms with E-state index in [1.807, 2.05) is 48.5 Å². The number of benzene rings is 2. The lowest BCUT2D eigenvalue weighted by molar-refractivity contribution is 0.258. The Bertz CT molecular complexity index is 759. The highest BCUT2D eigenvalue weighted by Crippen LogP contribution is 2.41. The molecular weight excluding hydrogens is 367 g/mol. The molecule has 4 atom stereocenters. The number of halogens is 2. The van der Waals surface area contributed by atoms with Crippen LogP contribution >= 0.6 is 23.2 Å². The first-order chi connectivity index (χ1) is 12.5. The summed E-state index contributed by atoms with van der Waals surface area (Å²) in [4.78, 5) is 0. The second-order valence-corrected chi connectivity index (χ2v) is 7.81. The van der Waals surface area contributed by atoms with Crippen molar-refractivity contribution >= 4 is 28.9 Å². The van der Waals surface area contributed by atoms with Gasteiger partial charge in [0.1, 0.15) is 0 Å². The van der Waals surface area contributed by atoms with Gasteiger partial charge in [-0.05, 0) is 41.8 Å². The average Bonchev–Trinajstić information content (AvgIpc) is 2.64. The molecule has 0 bridgehead atoms. The Kier molecular flexibility index (Phi) is 6.23. The van der Waals surface area contributed by atoms with Crippen LogP contribution < -0.4 is 5.32 Å². The normalized spacial score (nSPS) is 27.6. The molecule has 3 nitrogen and oxygen atoms in total. The second-order valence-electron chi connectivity index (χ2n) is 6.93. The zero-order chi connectivity index (χ0) is 18.7. The molecule has 0 aliphatic carbocycles. The summed E-state index contributed by atoms with van der Waals surface area (Å²) in [6.07, 6.45) is 1.98. The smallest absolute Gasteiger partial charge is 0.0667 e. The van der Waals surface area contributed by atoms with Crippen LogP contribution in [0.4, 0.5) is 0 Å². The van der Waals surface area contributed by atoms with Crippen LogP contribution in [-0.2, 0) is 0 Å². The Labute approximate surface area is 165 Å². The van der Waals surface area contributed by atoms with Gasteiger partial charge in [-0.25, -0.2) is 0 Å². The monoisotopic (exact) mass is 390 g/mol. The second kappa shape index (κ2) is 8.43. The van der Waals surface area contributed by atoms with Gasteiger partial charge in [-0.1, -0.05) is 72.9 Å². The summed E-state index contributed by atoms with van der Waals surface area (Å²) >= 11 is 12.1.